The quantitative estimate of drug-likeness (QED) is 0.779. The largest absolute Gasteiger partial charge is 0.484 e. The highest BCUT2D eigenvalue weighted by Gasteiger charge is 2.13. The van der Waals surface area contributed by atoms with E-state index in [0.717, 1.165) is 5.56 Å². The van der Waals surface area contributed by atoms with Crippen molar-refractivity contribution in [2.75, 3.05) is 17.2 Å². The summed E-state index contributed by atoms with van der Waals surface area (Å²) in [5.41, 5.74) is 3.50. The summed E-state index contributed by atoms with van der Waals surface area (Å²) in [4.78, 5) is 23.8. The molecular formula is C22H28N2O3. The maximum absolute atomic E-state index is 12.2. The van der Waals surface area contributed by atoms with Crippen molar-refractivity contribution in [2.24, 2.45) is 0 Å². The van der Waals surface area contributed by atoms with Gasteiger partial charge < -0.3 is 15.4 Å². The molecule has 2 aromatic carbocycles. The van der Waals surface area contributed by atoms with E-state index in [4.69, 9.17) is 4.74 Å². The molecule has 27 heavy (non-hydrogen) atoms. The van der Waals surface area contributed by atoms with Gasteiger partial charge in [-0.3, -0.25) is 9.59 Å². The van der Waals surface area contributed by atoms with E-state index < -0.39 is 0 Å². The first kappa shape index (κ1) is 20.5. The monoisotopic (exact) mass is 368 g/mol. The van der Waals surface area contributed by atoms with Gasteiger partial charge in [-0.05, 0) is 47.7 Å². The van der Waals surface area contributed by atoms with Crippen molar-refractivity contribution in [1.29, 1.82) is 0 Å². The summed E-state index contributed by atoms with van der Waals surface area (Å²) in [6, 6.07) is 13.2. The highest BCUT2D eigenvalue weighted by atomic mass is 16.5. The molecule has 2 N–H and O–H groups in total. The summed E-state index contributed by atoms with van der Waals surface area (Å²) < 4.78 is 5.58. The fourth-order valence-electron chi connectivity index (χ4n) is 2.47. The first-order valence-corrected chi connectivity index (χ1v) is 9.12. The second kappa shape index (κ2) is 8.71. The minimum Gasteiger partial charge on any atom is -0.484 e. The van der Waals surface area contributed by atoms with Gasteiger partial charge >= 0.3 is 0 Å². The zero-order valence-corrected chi connectivity index (χ0v) is 16.7. The molecule has 2 rings (SSSR count). The molecule has 0 aliphatic heterocycles. The van der Waals surface area contributed by atoms with Crippen molar-refractivity contribution in [3.05, 3.63) is 53.6 Å². The maximum atomic E-state index is 12.2. The minimum absolute atomic E-state index is 0.0711. The van der Waals surface area contributed by atoms with Crippen LogP contribution in [-0.2, 0) is 15.0 Å². The van der Waals surface area contributed by atoms with Gasteiger partial charge in [0.1, 0.15) is 5.75 Å². The second-order valence-electron chi connectivity index (χ2n) is 7.54. The van der Waals surface area contributed by atoms with Crippen LogP contribution in [0, 0.1) is 6.92 Å². The van der Waals surface area contributed by atoms with Crippen LogP contribution in [0.4, 0.5) is 11.4 Å². The van der Waals surface area contributed by atoms with Crippen molar-refractivity contribution < 1.29 is 14.3 Å². The van der Waals surface area contributed by atoms with Crippen LogP contribution >= 0.6 is 0 Å². The molecule has 0 bridgehead atoms. The summed E-state index contributed by atoms with van der Waals surface area (Å²) in [6.07, 6.45) is 0.400. The molecule has 5 heteroatoms. The highest BCUT2D eigenvalue weighted by Crippen LogP contribution is 2.24. The Morgan fingerprint density at radius 1 is 0.963 bits per heavy atom. The summed E-state index contributed by atoms with van der Waals surface area (Å²) in [5, 5.41) is 5.62. The molecule has 2 amide bonds. The number of benzene rings is 2. The summed E-state index contributed by atoms with van der Waals surface area (Å²) >= 11 is 0. The number of carbonyl (C=O) groups is 2. The maximum Gasteiger partial charge on any atom is 0.262 e. The Morgan fingerprint density at radius 2 is 1.63 bits per heavy atom. The van der Waals surface area contributed by atoms with Crippen LogP contribution in [0.1, 0.15) is 45.2 Å². The molecule has 144 valence electrons. The van der Waals surface area contributed by atoms with Gasteiger partial charge in [-0.1, -0.05) is 45.9 Å². The van der Waals surface area contributed by atoms with E-state index in [-0.39, 0.29) is 23.8 Å². The Kier molecular flexibility index (Phi) is 6.61. The molecule has 0 spiro atoms. The Bertz CT molecular complexity index is 805. The van der Waals surface area contributed by atoms with Crippen molar-refractivity contribution >= 4 is 23.2 Å². The van der Waals surface area contributed by atoms with E-state index in [1.807, 2.05) is 43.3 Å². The molecule has 0 unspecified atom stereocenters. The van der Waals surface area contributed by atoms with Gasteiger partial charge in [0.2, 0.25) is 5.91 Å². The first-order chi connectivity index (χ1) is 12.7. The molecule has 0 saturated heterocycles. The molecule has 0 aromatic heterocycles. The summed E-state index contributed by atoms with van der Waals surface area (Å²) in [6.45, 7) is 10.0. The Labute approximate surface area is 161 Å². The average molecular weight is 368 g/mol. The Hall–Kier alpha value is -2.82. The molecule has 2 aromatic rings. The van der Waals surface area contributed by atoms with Crippen molar-refractivity contribution in [2.45, 2.75) is 46.5 Å². The molecule has 0 saturated carbocycles. The smallest absolute Gasteiger partial charge is 0.262 e. The van der Waals surface area contributed by atoms with E-state index in [0.29, 0.717) is 23.5 Å². The summed E-state index contributed by atoms with van der Waals surface area (Å²) in [7, 11) is 0. The number of rotatable bonds is 6. The van der Waals surface area contributed by atoms with E-state index in [1.54, 1.807) is 13.0 Å². The number of hydrogen-bond acceptors (Lipinski definition) is 3. The lowest BCUT2D eigenvalue weighted by Gasteiger charge is -2.19. The van der Waals surface area contributed by atoms with Gasteiger partial charge in [0.25, 0.3) is 5.91 Å². The predicted molar refractivity (Wildman–Crippen MR) is 109 cm³/mol. The number of aryl methyl sites for hydroxylation is 1. The lowest BCUT2D eigenvalue weighted by atomic mass is 9.87. The number of ether oxygens (including phenoxy) is 1. The third kappa shape index (κ3) is 6.13. The topological polar surface area (TPSA) is 67.4 Å². The third-order valence-corrected chi connectivity index (χ3v) is 4.21. The van der Waals surface area contributed by atoms with E-state index in [2.05, 4.69) is 31.4 Å². The zero-order valence-electron chi connectivity index (χ0n) is 16.7. The van der Waals surface area contributed by atoms with Crippen LogP contribution in [0.5, 0.6) is 5.75 Å². The number of hydrogen-bond donors (Lipinski definition) is 2. The molecule has 0 aliphatic carbocycles. The summed E-state index contributed by atoms with van der Waals surface area (Å²) in [5.74, 6) is 0.328. The number of carbonyl (C=O) groups excluding carboxylic acids is 2. The molecule has 0 radical (unpaired) electrons. The third-order valence-electron chi connectivity index (χ3n) is 4.21. The van der Waals surface area contributed by atoms with Crippen LogP contribution in [0.15, 0.2) is 42.5 Å². The van der Waals surface area contributed by atoms with Crippen LogP contribution in [-0.4, -0.2) is 18.4 Å². The lowest BCUT2D eigenvalue weighted by Crippen LogP contribution is -2.21. The van der Waals surface area contributed by atoms with Gasteiger partial charge in [0, 0.05) is 17.8 Å². The lowest BCUT2D eigenvalue weighted by molar-refractivity contribution is -0.118. The molecule has 0 atom stereocenters. The first-order valence-electron chi connectivity index (χ1n) is 9.12. The standard InChI is InChI=1S/C22H28N2O3/c1-6-20(25)23-17-10-7-15(2)19(13-17)24-21(26)14-27-18-11-8-16(9-12-18)22(3,4)5/h7-13H,6,14H2,1-5H3,(H,23,25)(H,24,26). The van der Waals surface area contributed by atoms with E-state index in [1.165, 1.54) is 5.56 Å². The van der Waals surface area contributed by atoms with Crippen LogP contribution in [0.25, 0.3) is 0 Å². The zero-order chi connectivity index (χ0) is 20.0. The fourth-order valence-corrected chi connectivity index (χ4v) is 2.47. The second-order valence-corrected chi connectivity index (χ2v) is 7.54. The van der Waals surface area contributed by atoms with Gasteiger partial charge in [0.05, 0.1) is 0 Å². The normalized spacial score (nSPS) is 11.0. The average Bonchev–Trinajstić information content (AvgIpc) is 2.62. The molecule has 5 nitrogen and oxygen atoms in total. The minimum atomic E-state index is -0.253. The molecule has 0 aliphatic rings. The van der Waals surface area contributed by atoms with E-state index >= 15 is 0 Å². The van der Waals surface area contributed by atoms with E-state index in [9.17, 15) is 9.59 Å². The van der Waals surface area contributed by atoms with Crippen LogP contribution < -0.4 is 15.4 Å². The fraction of sp³-hybridized carbons (Fsp3) is 0.364. The van der Waals surface area contributed by atoms with Gasteiger partial charge in [-0.15, -0.1) is 0 Å². The Morgan fingerprint density at radius 3 is 2.22 bits per heavy atom. The van der Waals surface area contributed by atoms with Crippen molar-refractivity contribution in [3.63, 3.8) is 0 Å². The Balaban J connectivity index is 1.95. The van der Waals surface area contributed by atoms with Crippen molar-refractivity contribution in [1.82, 2.24) is 0 Å². The van der Waals surface area contributed by atoms with Gasteiger partial charge in [-0.2, -0.15) is 0 Å². The van der Waals surface area contributed by atoms with Gasteiger partial charge in [-0.25, -0.2) is 0 Å². The molecular weight excluding hydrogens is 340 g/mol. The predicted octanol–water partition coefficient (Wildman–Crippen LogP) is 4.66. The van der Waals surface area contributed by atoms with Crippen LogP contribution in [0.2, 0.25) is 0 Å². The van der Waals surface area contributed by atoms with Crippen molar-refractivity contribution in [3.8, 4) is 5.75 Å². The SMILES string of the molecule is CCC(=O)Nc1ccc(C)c(NC(=O)COc2ccc(C(C)(C)C)cc2)c1. The number of anilines is 2. The van der Waals surface area contributed by atoms with Gasteiger partial charge in [0.15, 0.2) is 6.61 Å². The molecule has 0 fully saturated rings. The number of nitrogens with one attached hydrogen (secondary N) is 2. The molecule has 0 heterocycles. The van der Waals surface area contributed by atoms with Crippen LogP contribution in [0.3, 0.4) is 0 Å². The number of amides is 2. The highest BCUT2D eigenvalue weighted by molar-refractivity contribution is 5.95.